The molecule has 0 aliphatic heterocycles. The smallest absolute Gasteiger partial charge is 0.246 e. The second kappa shape index (κ2) is 6.06. The molecule has 0 bridgehead atoms. The first-order valence-corrected chi connectivity index (χ1v) is 8.81. The summed E-state index contributed by atoms with van der Waals surface area (Å²) in [7, 11) is -3.50. The number of nitrogens with zero attached hydrogens (tertiary/aromatic N) is 1. The van der Waals surface area contributed by atoms with Crippen molar-refractivity contribution in [2.24, 2.45) is 5.92 Å². The molecule has 1 heterocycles. The molecule has 0 radical (unpaired) electrons. The highest BCUT2D eigenvalue weighted by molar-refractivity contribution is 7.90. The van der Waals surface area contributed by atoms with Crippen LogP contribution < -0.4 is 0 Å². The van der Waals surface area contributed by atoms with Crippen molar-refractivity contribution < 1.29 is 8.42 Å². The van der Waals surface area contributed by atoms with Gasteiger partial charge in [-0.05, 0) is 49.4 Å². The number of hydrogen-bond acceptors (Lipinski definition) is 2. The second-order valence-corrected chi connectivity index (χ2v) is 7.67. The Balaban J connectivity index is 2.50. The van der Waals surface area contributed by atoms with Crippen LogP contribution in [0.25, 0.3) is 0 Å². The van der Waals surface area contributed by atoms with E-state index in [1.807, 2.05) is 32.0 Å². The lowest BCUT2D eigenvalue weighted by molar-refractivity contribution is 0.584. The van der Waals surface area contributed by atoms with Crippen LogP contribution in [0.15, 0.2) is 41.4 Å². The minimum atomic E-state index is -3.50. The molecule has 0 atom stereocenters. The maximum Gasteiger partial charge on any atom is 0.267 e. The van der Waals surface area contributed by atoms with Crippen molar-refractivity contribution in [3.05, 3.63) is 53.3 Å². The predicted molar refractivity (Wildman–Crippen MR) is 86.1 cm³/mol. The minimum absolute atomic E-state index is 0.342. The first kappa shape index (κ1) is 15.8. The zero-order chi connectivity index (χ0) is 15.6. The Morgan fingerprint density at radius 2 is 1.71 bits per heavy atom. The van der Waals surface area contributed by atoms with E-state index in [-0.39, 0.29) is 0 Å². The summed E-state index contributed by atoms with van der Waals surface area (Å²) < 4.78 is 27.0. The lowest BCUT2D eigenvalue weighted by Crippen LogP contribution is -2.15. The molecule has 0 aliphatic rings. The molecule has 0 fully saturated rings. The third-order valence-electron chi connectivity index (χ3n) is 3.59. The summed E-state index contributed by atoms with van der Waals surface area (Å²) in [5.41, 5.74) is 3.07. The Morgan fingerprint density at radius 3 is 2.24 bits per heavy atom. The molecule has 114 valence electrons. The fourth-order valence-electron chi connectivity index (χ4n) is 2.54. The van der Waals surface area contributed by atoms with Crippen molar-refractivity contribution in [3.8, 4) is 0 Å². The van der Waals surface area contributed by atoms with Crippen LogP contribution in [0.4, 0.5) is 0 Å². The molecule has 1 aromatic carbocycles. The number of aryl methyl sites for hydroxylation is 1. The summed E-state index contributed by atoms with van der Waals surface area (Å²) in [6.07, 6.45) is 3.30. The maximum atomic E-state index is 12.8. The zero-order valence-corrected chi connectivity index (χ0v) is 13.9. The van der Waals surface area contributed by atoms with E-state index < -0.39 is 10.0 Å². The van der Waals surface area contributed by atoms with Gasteiger partial charge in [-0.15, -0.1) is 0 Å². The Bertz CT molecular complexity index is 710. The van der Waals surface area contributed by atoms with Crippen molar-refractivity contribution >= 4 is 10.0 Å². The SMILES string of the molecule is CCc1c(CC(C)C)ccn1S(=O)(=O)c1ccc(C)cc1. The van der Waals surface area contributed by atoms with Crippen LogP contribution in [-0.2, 0) is 22.9 Å². The molecular weight excluding hydrogens is 282 g/mol. The van der Waals surface area contributed by atoms with Crippen LogP contribution in [0.3, 0.4) is 0 Å². The molecule has 4 heteroatoms. The van der Waals surface area contributed by atoms with Crippen LogP contribution in [0, 0.1) is 12.8 Å². The average molecular weight is 305 g/mol. The highest BCUT2D eigenvalue weighted by Gasteiger charge is 2.21. The molecule has 21 heavy (non-hydrogen) atoms. The Morgan fingerprint density at radius 1 is 1.10 bits per heavy atom. The van der Waals surface area contributed by atoms with Gasteiger partial charge in [0.1, 0.15) is 0 Å². The lowest BCUT2D eigenvalue weighted by Gasteiger charge is -2.12. The maximum absolute atomic E-state index is 12.8. The van der Waals surface area contributed by atoms with Gasteiger partial charge in [0, 0.05) is 11.9 Å². The van der Waals surface area contributed by atoms with Crippen molar-refractivity contribution in [1.29, 1.82) is 0 Å². The van der Waals surface area contributed by atoms with Crippen LogP contribution in [0.1, 0.15) is 37.6 Å². The molecule has 0 amide bonds. The number of aromatic nitrogens is 1. The highest BCUT2D eigenvalue weighted by atomic mass is 32.2. The monoisotopic (exact) mass is 305 g/mol. The van der Waals surface area contributed by atoms with E-state index >= 15 is 0 Å². The Kier molecular flexibility index (Phi) is 4.57. The summed E-state index contributed by atoms with van der Waals surface area (Å²) in [5, 5.41) is 0. The van der Waals surface area contributed by atoms with Gasteiger partial charge in [0.05, 0.1) is 4.90 Å². The first-order chi connectivity index (χ1) is 9.86. The van der Waals surface area contributed by atoms with Crippen LogP contribution in [0.2, 0.25) is 0 Å². The molecule has 0 N–H and O–H groups in total. The predicted octanol–water partition coefficient (Wildman–Crippen LogP) is 3.79. The topological polar surface area (TPSA) is 39.1 Å². The van der Waals surface area contributed by atoms with E-state index in [1.54, 1.807) is 18.3 Å². The number of rotatable bonds is 5. The molecule has 0 saturated heterocycles. The summed E-state index contributed by atoms with van der Waals surface area (Å²) in [4.78, 5) is 0.342. The molecule has 0 aliphatic carbocycles. The number of benzene rings is 1. The molecular formula is C17H23NO2S. The standard InChI is InChI=1S/C17H23NO2S/c1-5-17-15(12-13(2)3)10-11-18(17)21(19,20)16-8-6-14(4)7-9-16/h6-11,13H,5,12H2,1-4H3. The summed E-state index contributed by atoms with van der Waals surface area (Å²) >= 11 is 0. The number of hydrogen-bond donors (Lipinski definition) is 0. The highest BCUT2D eigenvalue weighted by Crippen LogP contribution is 2.22. The van der Waals surface area contributed by atoms with Gasteiger partial charge in [0.2, 0.25) is 0 Å². The van der Waals surface area contributed by atoms with Gasteiger partial charge in [0.25, 0.3) is 10.0 Å². The molecule has 2 aromatic rings. The van der Waals surface area contributed by atoms with E-state index in [1.165, 1.54) is 3.97 Å². The molecule has 2 rings (SSSR count). The van der Waals surface area contributed by atoms with Gasteiger partial charge in [0.15, 0.2) is 0 Å². The van der Waals surface area contributed by atoms with Gasteiger partial charge >= 0.3 is 0 Å². The molecule has 1 aromatic heterocycles. The first-order valence-electron chi connectivity index (χ1n) is 7.37. The van der Waals surface area contributed by atoms with Crippen molar-refractivity contribution in [2.45, 2.75) is 45.4 Å². The zero-order valence-electron chi connectivity index (χ0n) is 13.1. The van der Waals surface area contributed by atoms with E-state index in [9.17, 15) is 8.42 Å². The van der Waals surface area contributed by atoms with Gasteiger partial charge in [-0.2, -0.15) is 0 Å². The van der Waals surface area contributed by atoms with Gasteiger partial charge in [-0.1, -0.05) is 38.5 Å². The van der Waals surface area contributed by atoms with E-state index in [4.69, 9.17) is 0 Å². The largest absolute Gasteiger partial charge is 0.267 e. The van der Waals surface area contributed by atoms with Crippen LogP contribution >= 0.6 is 0 Å². The summed E-state index contributed by atoms with van der Waals surface area (Å²) in [6, 6.07) is 8.94. The Labute approximate surface area is 127 Å². The summed E-state index contributed by atoms with van der Waals surface area (Å²) in [6.45, 7) is 8.24. The van der Waals surface area contributed by atoms with E-state index in [2.05, 4.69) is 13.8 Å². The molecule has 0 spiro atoms. The van der Waals surface area contributed by atoms with Crippen molar-refractivity contribution in [1.82, 2.24) is 3.97 Å². The van der Waals surface area contributed by atoms with Gasteiger partial charge in [-0.3, -0.25) is 0 Å². The molecule has 0 unspecified atom stereocenters. The fraction of sp³-hybridized carbons (Fsp3) is 0.412. The minimum Gasteiger partial charge on any atom is -0.246 e. The average Bonchev–Trinajstić information content (AvgIpc) is 2.81. The lowest BCUT2D eigenvalue weighted by atomic mass is 10.0. The quantitative estimate of drug-likeness (QED) is 0.843. The van der Waals surface area contributed by atoms with Gasteiger partial charge < -0.3 is 0 Å². The van der Waals surface area contributed by atoms with Crippen LogP contribution in [0.5, 0.6) is 0 Å². The normalized spacial score (nSPS) is 12.0. The third kappa shape index (κ3) is 3.21. The molecule has 3 nitrogen and oxygen atoms in total. The Hall–Kier alpha value is -1.55. The van der Waals surface area contributed by atoms with Crippen LogP contribution in [-0.4, -0.2) is 12.4 Å². The third-order valence-corrected chi connectivity index (χ3v) is 5.32. The molecule has 0 saturated carbocycles. The van der Waals surface area contributed by atoms with Gasteiger partial charge in [-0.25, -0.2) is 12.4 Å². The fourth-order valence-corrected chi connectivity index (χ4v) is 4.01. The van der Waals surface area contributed by atoms with E-state index in [0.29, 0.717) is 17.2 Å². The van der Waals surface area contributed by atoms with Crippen molar-refractivity contribution in [2.75, 3.05) is 0 Å². The van der Waals surface area contributed by atoms with E-state index in [0.717, 1.165) is 23.2 Å². The van der Waals surface area contributed by atoms with Crippen molar-refractivity contribution in [3.63, 3.8) is 0 Å². The summed E-state index contributed by atoms with van der Waals surface area (Å²) in [5.74, 6) is 0.508. The second-order valence-electron chi connectivity index (χ2n) is 5.85.